The highest BCUT2D eigenvalue weighted by Gasteiger charge is 2.33. The zero-order valence-electron chi connectivity index (χ0n) is 24.8. The van der Waals surface area contributed by atoms with Crippen molar-refractivity contribution < 1.29 is 13.9 Å². The van der Waals surface area contributed by atoms with Crippen LogP contribution >= 0.6 is 11.6 Å². The molecule has 5 rings (SSSR count). The maximum atomic E-state index is 14.5. The highest BCUT2D eigenvalue weighted by molar-refractivity contribution is 6.30. The number of ether oxygens (including phenoxy) is 1. The maximum absolute atomic E-state index is 14.5. The van der Waals surface area contributed by atoms with E-state index in [4.69, 9.17) is 22.1 Å². The monoisotopic (exact) mass is 600 g/mol. The summed E-state index contributed by atoms with van der Waals surface area (Å²) in [6.45, 7) is 10.4. The number of hydrogen-bond donors (Lipinski definition) is 3. The highest BCUT2D eigenvalue weighted by Crippen LogP contribution is 2.27. The third-order valence-corrected chi connectivity index (χ3v) is 9.29. The molecular weight excluding hydrogens is 555 g/mol. The minimum absolute atomic E-state index is 0.0463. The van der Waals surface area contributed by atoms with Crippen LogP contribution in [0.2, 0.25) is 5.02 Å². The van der Waals surface area contributed by atoms with Crippen LogP contribution in [0, 0.1) is 11.7 Å². The molecule has 2 atom stereocenters. The van der Waals surface area contributed by atoms with Crippen molar-refractivity contribution >= 4 is 23.2 Å². The average molecular weight is 601 g/mol. The number of halogens is 2. The molecule has 230 valence electrons. The number of rotatable bonds is 11. The summed E-state index contributed by atoms with van der Waals surface area (Å²) in [4.78, 5) is 19.9. The van der Waals surface area contributed by atoms with Crippen LogP contribution in [0.1, 0.15) is 37.3 Å². The predicted octanol–water partition coefficient (Wildman–Crippen LogP) is 3.58. The molecule has 0 radical (unpaired) electrons. The Bertz CT molecular complexity index is 1180. The predicted molar refractivity (Wildman–Crippen MR) is 167 cm³/mol. The summed E-state index contributed by atoms with van der Waals surface area (Å²) in [6, 6.07) is 11.1. The van der Waals surface area contributed by atoms with E-state index >= 15 is 0 Å². The van der Waals surface area contributed by atoms with Crippen LogP contribution in [0.3, 0.4) is 0 Å². The number of piperidine rings is 1. The number of benzene rings is 2. The molecule has 3 aliphatic heterocycles. The number of nitrogens with zero attached hydrogens (tertiary/aromatic N) is 3. The van der Waals surface area contributed by atoms with Crippen LogP contribution in [0.4, 0.5) is 10.1 Å². The lowest BCUT2D eigenvalue weighted by atomic mass is 9.88. The van der Waals surface area contributed by atoms with E-state index < -0.39 is 6.04 Å². The Labute approximate surface area is 254 Å². The molecule has 0 saturated carbocycles. The van der Waals surface area contributed by atoms with Gasteiger partial charge in [0.25, 0.3) is 0 Å². The van der Waals surface area contributed by atoms with Crippen molar-refractivity contribution in [2.45, 2.75) is 51.2 Å². The van der Waals surface area contributed by atoms with Gasteiger partial charge in [-0.3, -0.25) is 9.69 Å². The van der Waals surface area contributed by atoms with Crippen molar-refractivity contribution in [3.05, 3.63) is 58.4 Å². The van der Waals surface area contributed by atoms with Gasteiger partial charge in [0.1, 0.15) is 11.6 Å². The van der Waals surface area contributed by atoms with E-state index in [1.165, 1.54) is 17.3 Å². The molecule has 10 heteroatoms. The number of likely N-dealkylation sites (tertiary alicyclic amines) is 1. The van der Waals surface area contributed by atoms with E-state index in [1.54, 1.807) is 6.07 Å². The zero-order valence-corrected chi connectivity index (χ0v) is 25.6. The molecule has 3 saturated heterocycles. The van der Waals surface area contributed by atoms with E-state index in [2.05, 4.69) is 32.6 Å². The summed E-state index contributed by atoms with van der Waals surface area (Å²) in [7, 11) is 0. The molecule has 0 aromatic heterocycles. The van der Waals surface area contributed by atoms with Crippen LogP contribution in [-0.4, -0.2) is 98.2 Å². The highest BCUT2D eigenvalue weighted by atomic mass is 35.5. The van der Waals surface area contributed by atoms with E-state index in [0.717, 1.165) is 63.4 Å². The smallest absolute Gasteiger partial charge is 0.239 e. The maximum Gasteiger partial charge on any atom is 0.239 e. The van der Waals surface area contributed by atoms with Gasteiger partial charge < -0.3 is 30.9 Å². The Morgan fingerprint density at radius 2 is 1.90 bits per heavy atom. The van der Waals surface area contributed by atoms with Gasteiger partial charge in [-0.1, -0.05) is 17.7 Å². The summed E-state index contributed by atoms with van der Waals surface area (Å²) >= 11 is 6.34. The van der Waals surface area contributed by atoms with Gasteiger partial charge in [0, 0.05) is 68.1 Å². The molecule has 3 fully saturated rings. The Hall–Kier alpha value is -2.43. The molecule has 0 unspecified atom stereocenters. The molecule has 8 nitrogen and oxygen atoms in total. The Morgan fingerprint density at radius 1 is 1.12 bits per heavy atom. The van der Waals surface area contributed by atoms with Crippen molar-refractivity contribution in [1.29, 1.82) is 0 Å². The van der Waals surface area contributed by atoms with Gasteiger partial charge in [0.2, 0.25) is 5.91 Å². The van der Waals surface area contributed by atoms with E-state index in [9.17, 15) is 9.18 Å². The number of hydrogen-bond acceptors (Lipinski definition) is 7. The fourth-order valence-corrected chi connectivity index (χ4v) is 6.66. The van der Waals surface area contributed by atoms with Crippen LogP contribution in [0.25, 0.3) is 0 Å². The number of carbonyl (C=O) groups is 1. The van der Waals surface area contributed by atoms with Crippen molar-refractivity contribution in [3.8, 4) is 5.75 Å². The van der Waals surface area contributed by atoms with Crippen molar-refractivity contribution in [2.24, 2.45) is 11.7 Å². The second-order valence-electron chi connectivity index (χ2n) is 11.8. The fraction of sp³-hybridized carbons (Fsp3) is 0.594. The van der Waals surface area contributed by atoms with Gasteiger partial charge in [-0.25, -0.2) is 4.39 Å². The van der Waals surface area contributed by atoms with Gasteiger partial charge in [0.15, 0.2) is 0 Å². The van der Waals surface area contributed by atoms with E-state index in [0.29, 0.717) is 56.7 Å². The van der Waals surface area contributed by atoms with Gasteiger partial charge in [0.05, 0.1) is 12.6 Å². The van der Waals surface area contributed by atoms with E-state index in [1.807, 2.05) is 24.0 Å². The molecule has 2 aromatic carbocycles. The zero-order chi connectivity index (χ0) is 29.5. The number of anilines is 1. The number of amides is 1. The minimum atomic E-state index is -0.474. The van der Waals surface area contributed by atoms with Gasteiger partial charge in [-0.2, -0.15) is 0 Å². The average Bonchev–Trinajstić information content (AvgIpc) is 3.52. The topological polar surface area (TPSA) is 86.1 Å². The SMILES string of the molecule is CCOc1cccc(F)c1CN1CCN(C(=O)[C@H](N)C2CCN(CCc3cc(Cl)ccc3N[C@H]3CCNC3)CC2)CC1. The molecule has 3 aliphatic rings. The van der Waals surface area contributed by atoms with Gasteiger partial charge in [-0.15, -0.1) is 0 Å². The Kier molecular flexibility index (Phi) is 11.0. The lowest BCUT2D eigenvalue weighted by Gasteiger charge is -2.39. The summed E-state index contributed by atoms with van der Waals surface area (Å²) < 4.78 is 20.1. The van der Waals surface area contributed by atoms with Crippen molar-refractivity contribution in [2.75, 3.05) is 70.8 Å². The molecule has 1 amide bonds. The minimum Gasteiger partial charge on any atom is -0.493 e. The molecule has 0 spiro atoms. The second kappa shape index (κ2) is 14.8. The van der Waals surface area contributed by atoms with Crippen LogP contribution in [0.15, 0.2) is 36.4 Å². The van der Waals surface area contributed by atoms with Gasteiger partial charge >= 0.3 is 0 Å². The second-order valence-corrected chi connectivity index (χ2v) is 12.3. The quantitative estimate of drug-likeness (QED) is 0.364. The summed E-state index contributed by atoms with van der Waals surface area (Å²) in [5.41, 5.74) is 9.58. The molecule has 3 heterocycles. The first-order valence-corrected chi connectivity index (χ1v) is 15.9. The van der Waals surface area contributed by atoms with Crippen molar-refractivity contribution in [3.63, 3.8) is 0 Å². The van der Waals surface area contributed by atoms with Gasteiger partial charge in [-0.05, 0) is 94.1 Å². The number of piperazine rings is 1. The fourth-order valence-electron chi connectivity index (χ4n) is 6.47. The Morgan fingerprint density at radius 3 is 2.62 bits per heavy atom. The standard InChI is InChI=1S/C32H46ClFN6O2/c1-2-42-30-5-3-4-28(34)27(30)22-39-16-18-40(19-17-39)32(41)31(35)23-9-13-38(14-10-23)15-11-24-20-25(33)6-7-29(24)37-26-8-12-36-21-26/h3-7,20,23,26,31,36-37H,2,8-19,21-22,35H2,1H3/t26-,31+/m0/s1. The van der Waals surface area contributed by atoms with Crippen LogP contribution in [0.5, 0.6) is 5.75 Å². The number of carbonyl (C=O) groups excluding carboxylic acids is 1. The first-order valence-electron chi connectivity index (χ1n) is 15.6. The molecule has 2 aromatic rings. The van der Waals surface area contributed by atoms with E-state index in [-0.39, 0.29) is 17.6 Å². The summed E-state index contributed by atoms with van der Waals surface area (Å²) in [6.07, 6.45) is 3.92. The lowest BCUT2D eigenvalue weighted by molar-refractivity contribution is -0.136. The summed E-state index contributed by atoms with van der Waals surface area (Å²) in [5.74, 6) is 0.581. The third kappa shape index (κ3) is 7.94. The Balaban J connectivity index is 1.06. The third-order valence-electron chi connectivity index (χ3n) is 9.05. The first kappa shape index (κ1) is 31.0. The lowest BCUT2D eigenvalue weighted by Crippen LogP contribution is -2.55. The molecule has 0 bridgehead atoms. The molecular formula is C32H46ClFN6O2. The largest absolute Gasteiger partial charge is 0.493 e. The molecule has 4 N–H and O–H groups in total. The number of nitrogens with two attached hydrogens (primary N) is 1. The molecule has 42 heavy (non-hydrogen) atoms. The normalized spacial score (nSPS) is 21.4. The first-order chi connectivity index (χ1) is 20.4. The van der Waals surface area contributed by atoms with Crippen LogP contribution < -0.4 is 21.1 Å². The molecule has 0 aliphatic carbocycles. The summed E-state index contributed by atoms with van der Waals surface area (Å²) in [5, 5.41) is 7.88. The number of nitrogens with one attached hydrogen (secondary N) is 2. The van der Waals surface area contributed by atoms with Crippen molar-refractivity contribution in [1.82, 2.24) is 20.0 Å². The van der Waals surface area contributed by atoms with Crippen LogP contribution in [-0.2, 0) is 17.8 Å².